The number of benzene rings is 2. The molecule has 2 heterocycles. The maximum Gasteiger partial charge on any atom is 0.435 e. The van der Waals surface area contributed by atoms with Crippen molar-refractivity contribution in [3.05, 3.63) is 69.2 Å². The number of hydrogen-bond donors (Lipinski definition) is 1. The van der Waals surface area contributed by atoms with Crippen molar-refractivity contribution in [3.8, 4) is 0 Å². The summed E-state index contributed by atoms with van der Waals surface area (Å²) in [5.41, 5.74) is -4.91. The number of hydroxylamine groups is 2. The fourth-order valence-electron chi connectivity index (χ4n) is 4.21. The average Bonchev–Trinajstić information content (AvgIpc) is 3.43. The topological polar surface area (TPSA) is 80.2 Å². The molecule has 2 aliphatic rings. The molecule has 204 valence electrons. The monoisotopic (exact) mass is 563 g/mol. The highest BCUT2D eigenvalue weighted by molar-refractivity contribution is 6.31. The van der Waals surface area contributed by atoms with Gasteiger partial charge in [0.1, 0.15) is 12.6 Å². The number of nitrogens with one attached hydrogen (secondary N) is 1. The summed E-state index contributed by atoms with van der Waals surface area (Å²) in [4.78, 5) is 34.9. The second-order valence-corrected chi connectivity index (χ2v) is 9.11. The Balaban J connectivity index is 1.58. The van der Waals surface area contributed by atoms with E-state index in [2.05, 4.69) is 10.5 Å². The first-order chi connectivity index (χ1) is 17.7. The number of amides is 2. The summed E-state index contributed by atoms with van der Waals surface area (Å²) in [5, 5.41) is 6.47. The Morgan fingerprint density at radius 2 is 1.89 bits per heavy atom. The van der Waals surface area contributed by atoms with Crippen molar-refractivity contribution in [2.24, 2.45) is 5.16 Å². The predicted octanol–water partition coefficient (Wildman–Crippen LogP) is 5.14. The van der Waals surface area contributed by atoms with Gasteiger partial charge in [-0.05, 0) is 49.2 Å². The Bertz CT molecular complexity index is 1310. The minimum atomic E-state index is -5.13. The van der Waals surface area contributed by atoms with Crippen molar-refractivity contribution < 1.29 is 45.6 Å². The highest BCUT2D eigenvalue weighted by Crippen LogP contribution is 2.50. The number of halogens is 7. The Morgan fingerprint density at radius 3 is 2.47 bits per heavy atom. The first-order valence-electron chi connectivity index (χ1n) is 11.2. The van der Waals surface area contributed by atoms with E-state index in [9.17, 15) is 35.9 Å². The van der Waals surface area contributed by atoms with Crippen LogP contribution in [0.1, 0.15) is 46.0 Å². The summed E-state index contributed by atoms with van der Waals surface area (Å²) >= 11 is 5.57. The molecule has 2 aromatic carbocycles. The molecule has 1 saturated heterocycles. The summed E-state index contributed by atoms with van der Waals surface area (Å²) in [6.07, 6.45) is -11.0. The van der Waals surface area contributed by atoms with Gasteiger partial charge in [-0.1, -0.05) is 28.9 Å². The molecule has 1 fully saturated rings. The van der Waals surface area contributed by atoms with Crippen LogP contribution < -0.4 is 5.32 Å². The van der Waals surface area contributed by atoms with Gasteiger partial charge in [-0.3, -0.25) is 14.4 Å². The zero-order valence-corrected chi connectivity index (χ0v) is 20.6. The molecule has 0 bridgehead atoms. The first-order valence-corrected chi connectivity index (χ1v) is 11.6. The predicted molar refractivity (Wildman–Crippen MR) is 122 cm³/mol. The second kappa shape index (κ2) is 9.77. The van der Waals surface area contributed by atoms with Crippen LogP contribution >= 0.6 is 11.6 Å². The Labute approximate surface area is 217 Å². The molecule has 2 amide bonds. The van der Waals surface area contributed by atoms with Crippen LogP contribution in [-0.4, -0.2) is 48.0 Å². The van der Waals surface area contributed by atoms with Crippen LogP contribution in [0.3, 0.4) is 0 Å². The van der Waals surface area contributed by atoms with E-state index in [1.807, 2.05) is 0 Å². The van der Waals surface area contributed by atoms with Gasteiger partial charge in [0.15, 0.2) is 0 Å². The van der Waals surface area contributed by atoms with Crippen molar-refractivity contribution in [1.29, 1.82) is 0 Å². The lowest BCUT2D eigenvalue weighted by Gasteiger charge is -2.30. The molecule has 2 atom stereocenters. The zero-order valence-electron chi connectivity index (χ0n) is 19.8. The fraction of sp³-hybridized carbons (Fsp3) is 0.375. The Kier molecular flexibility index (Phi) is 7.12. The van der Waals surface area contributed by atoms with Gasteiger partial charge in [-0.25, -0.2) is 5.06 Å². The number of carbonyl (C=O) groups excluding carboxylic acids is 2. The summed E-state index contributed by atoms with van der Waals surface area (Å²) in [6, 6.07) is 5.05. The van der Waals surface area contributed by atoms with Gasteiger partial charge in [-0.2, -0.15) is 26.3 Å². The lowest BCUT2D eigenvalue weighted by Crippen LogP contribution is -2.43. The van der Waals surface area contributed by atoms with Crippen LogP contribution in [0, 0.1) is 6.92 Å². The molecule has 38 heavy (non-hydrogen) atoms. The molecule has 7 nitrogen and oxygen atoms in total. The quantitative estimate of drug-likeness (QED) is 0.511. The standard InChI is InChI=1S/C24H20ClF6N3O4/c1-3-34-21(36)19(11-37-34)32-20(35)15-6-4-13(8-12(15)2)18-10-22(38-33-18,24(29,30)31)14-5-7-17(25)16(9-14)23(26,27)28/h4-9,19H,3,10-11H2,1-2H3,(H,32,35)/t19-,22?/m1/s1. The minimum absolute atomic E-state index is 0.0377. The van der Waals surface area contributed by atoms with E-state index >= 15 is 0 Å². The normalized spacial score (nSPS) is 21.9. The summed E-state index contributed by atoms with van der Waals surface area (Å²) in [5.74, 6) is -1.00. The number of rotatable bonds is 5. The average molecular weight is 564 g/mol. The van der Waals surface area contributed by atoms with E-state index in [1.165, 1.54) is 25.1 Å². The number of aryl methyl sites for hydroxylation is 1. The number of carbonyl (C=O) groups is 2. The molecular weight excluding hydrogens is 544 g/mol. The number of nitrogens with zero attached hydrogens (tertiary/aromatic N) is 2. The van der Waals surface area contributed by atoms with Gasteiger partial charge >= 0.3 is 12.4 Å². The van der Waals surface area contributed by atoms with Crippen molar-refractivity contribution >= 4 is 29.1 Å². The molecule has 2 aliphatic heterocycles. The Hall–Kier alpha value is -3.32. The summed E-state index contributed by atoms with van der Waals surface area (Å²) in [6.45, 7) is 3.50. The lowest BCUT2D eigenvalue weighted by atomic mass is 9.85. The smallest absolute Gasteiger partial charge is 0.374 e. The van der Waals surface area contributed by atoms with Crippen molar-refractivity contribution in [2.45, 2.75) is 44.3 Å². The maximum absolute atomic E-state index is 14.2. The molecule has 0 aromatic heterocycles. The lowest BCUT2D eigenvalue weighted by molar-refractivity contribution is -0.276. The van der Waals surface area contributed by atoms with E-state index in [0.717, 1.165) is 17.2 Å². The van der Waals surface area contributed by atoms with Gasteiger partial charge in [0.2, 0.25) is 0 Å². The fourth-order valence-corrected chi connectivity index (χ4v) is 4.43. The van der Waals surface area contributed by atoms with E-state index in [4.69, 9.17) is 21.3 Å². The van der Waals surface area contributed by atoms with E-state index in [-0.39, 0.29) is 23.4 Å². The molecular formula is C24H20ClF6N3O4. The largest absolute Gasteiger partial charge is 0.435 e. The highest BCUT2D eigenvalue weighted by Gasteiger charge is 2.62. The molecule has 4 rings (SSSR count). The molecule has 0 aliphatic carbocycles. The molecule has 14 heteroatoms. The maximum atomic E-state index is 14.2. The number of likely N-dealkylation sites (N-methyl/N-ethyl adjacent to an activating group) is 1. The molecule has 1 N–H and O–H groups in total. The van der Waals surface area contributed by atoms with Gasteiger partial charge in [0, 0.05) is 24.1 Å². The van der Waals surface area contributed by atoms with E-state index in [1.54, 1.807) is 6.92 Å². The van der Waals surface area contributed by atoms with Gasteiger partial charge in [-0.15, -0.1) is 0 Å². The van der Waals surface area contributed by atoms with Crippen LogP contribution in [0.25, 0.3) is 0 Å². The van der Waals surface area contributed by atoms with E-state index < -0.39 is 58.4 Å². The SMILES string of the molecule is CCN1OC[C@@H](NC(=O)c2ccc(C3=NOC(c4ccc(Cl)c(C(F)(F)F)c4)(C(F)(F)F)C3)cc2C)C1=O. The van der Waals surface area contributed by atoms with Gasteiger partial charge < -0.3 is 10.2 Å². The summed E-state index contributed by atoms with van der Waals surface area (Å²) < 4.78 is 82.7. The molecule has 0 spiro atoms. The first kappa shape index (κ1) is 27.7. The number of hydrogen-bond acceptors (Lipinski definition) is 5. The van der Waals surface area contributed by atoms with Crippen molar-refractivity contribution in [2.75, 3.05) is 13.2 Å². The van der Waals surface area contributed by atoms with Crippen LogP contribution in [0.2, 0.25) is 5.02 Å². The molecule has 0 radical (unpaired) electrons. The van der Waals surface area contributed by atoms with E-state index in [0.29, 0.717) is 18.2 Å². The van der Waals surface area contributed by atoms with Crippen LogP contribution in [-0.2, 0) is 26.2 Å². The minimum Gasteiger partial charge on any atom is -0.374 e. The summed E-state index contributed by atoms with van der Waals surface area (Å²) in [7, 11) is 0. The van der Waals surface area contributed by atoms with Gasteiger partial charge in [0.05, 0.1) is 16.3 Å². The third kappa shape index (κ3) is 4.92. The van der Waals surface area contributed by atoms with Crippen molar-refractivity contribution in [1.82, 2.24) is 10.4 Å². The second-order valence-electron chi connectivity index (χ2n) is 8.71. The van der Waals surface area contributed by atoms with Crippen molar-refractivity contribution in [3.63, 3.8) is 0 Å². The van der Waals surface area contributed by atoms with Crippen LogP contribution in [0.4, 0.5) is 26.3 Å². The zero-order chi connectivity index (χ0) is 28.0. The third-order valence-corrected chi connectivity index (χ3v) is 6.59. The van der Waals surface area contributed by atoms with Crippen LogP contribution in [0.5, 0.6) is 0 Å². The Morgan fingerprint density at radius 1 is 1.18 bits per heavy atom. The highest BCUT2D eigenvalue weighted by atomic mass is 35.5. The molecule has 0 saturated carbocycles. The number of alkyl halides is 6. The number of oxime groups is 1. The van der Waals surface area contributed by atoms with Crippen LogP contribution in [0.15, 0.2) is 41.6 Å². The molecule has 1 unspecified atom stereocenters. The molecule has 2 aromatic rings. The van der Waals surface area contributed by atoms with Gasteiger partial charge in [0.25, 0.3) is 17.4 Å². The third-order valence-electron chi connectivity index (χ3n) is 6.26.